The van der Waals surface area contributed by atoms with Crippen molar-refractivity contribution >= 4 is 0 Å². The molecule has 1 atom stereocenters. The summed E-state index contributed by atoms with van der Waals surface area (Å²) >= 11 is 0. The molecule has 2 rings (SSSR count). The van der Waals surface area contributed by atoms with E-state index in [9.17, 15) is 0 Å². The molecule has 0 radical (unpaired) electrons. The quantitative estimate of drug-likeness (QED) is 0.871. The van der Waals surface area contributed by atoms with Gasteiger partial charge < -0.3 is 10.1 Å². The highest BCUT2D eigenvalue weighted by Crippen LogP contribution is 2.24. The molecule has 94 valence electrons. The van der Waals surface area contributed by atoms with E-state index in [0.29, 0.717) is 6.04 Å². The summed E-state index contributed by atoms with van der Waals surface area (Å²) < 4.78 is 5.84. The molecule has 1 N–H and O–H groups in total. The van der Waals surface area contributed by atoms with Gasteiger partial charge in [-0.25, -0.2) is 0 Å². The molecule has 0 saturated heterocycles. The number of ether oxygens (including phenoxy) is 1. The predicted molar refractivity (Wildman–Crippen MR) is 75.2 cm³/mol. The van der Waals surface area contributed by atoms with Crippen molar-refractivity contribution in [3.63, 3.8) is 0 Å². The van der Waals surface area contributed by atoms with Crippen LogP contribution in [0.1, 0.15) is 24.1 Å². The maximum Gasteiger partial charge on any atom is 0.127 e. The van der Waals surface area contributed by atoms with Gasteiger partial charge in [-0.1, -0.05) is 29.8 Å². The smallest absolute Gasteiger partial charge is 0.127 e. The van der Waals surface area contributed by atoms with Crippen molar-refractivity contribution in [2.75, 3.05) is 7.05 Å². The van der Waals surface area contributed by atoms with Crippen LogP contribution in [0, 0.1) is 6.92 Å². The van der Waals surface area contributed by atoms with Crippen molar-refractivity contribution in [3.8, 4) is 11.5 Å². The Balaban J connectivity index is 2.16. The molecule has 0 aliphatic rings. The van der Waals surface area contributed by atoms with Crippen LogP contribution in [0.3, 0.4) is 0 Å². The van der Waals surface area contributed by atoms with Gasteiger partial charge in [-0.3, -0.25) is 0 Å². The Labute approximate surface area is 109 Å². The predicted octanol–water partition coefficient (Wildman–Crippen LogP) is 4.07. The Morgan fingerprint density at radius 1 is 1.00 bits per heavy atom. The zero-order valence-corrected chi connectivity index (χ0v) is 11.1. The van der Waals surface area contributed by atoms with Crippen LogP contribution < -0.4 is 10.1 Å². The van der Waals surface area contributed by atoms with E-state index in [1.807, 2.05) is 31.3 Å². The number of benzene rings is 2. The summed E-state index contributed by atoms with van der Waals surface area (Å²) in [4.78, 5) is 0. The average Bonchev–Trinajstić information content (AvgIpc) is 2.41. The molecule has 18 heavy (non-hydrogen) atoms. The lowest BCUT2D eigenvalue weighted by molar-refractivity contribution is 0.480. The van der Waals surface area contributed by atoms with Gasteiger partial charge in [0.2, 0.25) is 0 Å². The summed E-state index contributed by atoms with van der Waals surface area (Å²) in [6.07, 6.45) is 0. The van der Waals surface area contributed by atoms with E-state index in [-0.39, 0.29) is 0 Å². The van der Waals surface area contributed by atoms with E-state index in [4.69, 9.17) is 4.74 Å². The molecule has 2 heteroatoms. The van der Waals surface area contributed by atoms with Gasteiger partial charge >= 0.3 is 0 Å². The second kappa shape index (κ2) is 5.69. The van der Waals surface area contributed by atoms with Crippen LogP contribution in [0.4, 0.5) is 0 Å². The van der Waals surface area contributed by atoms with Crippen LogP contribution in [0.25, 0.3) is 0 Å². The third-order valence-corrected chi connectivity index (χ3v) is 3.05. The van der Waals surface area contributed by atoms with Crippen LogP contribution in [0.2, 0.25) is 0 Å². The lowest BCUT2D eigenvalue weighted by Crippen LogP contribution is -2.11. The number of rotatable bonds is 4. The number of hydrogen-bond donors (Lipinski definition) is 1. The highest BCUT2D eigenvalue weighted by molar-refractivity contribution is 5.35. The minimum atomic E-state index is 0.326. The first kappa shape index (κ1) is 12.7. The third kappa shape index (κ3) is 3.11. The average molecular weight is 241 g/mol. The molecule has 0 aromatic heterocycles. The normalized spacial score (nSPS) is 12.2. The molecule has 1 unspecified atom stereocenters. The lowest BCUT2D eigenvalue weighted by atomic mass is 10.1. The van der Waals surface area contributed by atoms with E-state index in [0.717, 1.165) is 11.5 Å². The SMILES string of the molecule is CNC(C)c1cccc(Oc2ccc(C)cc2)c1. The minimum Gasteiger partial charge on any atom is -0.457 e. The van der Waals surface area contributed by atoms with Crippen molar-refractivity contribution in [1.82, 2.24) is 5.32 Å². The van der Waals surface area contributed by atoms with Gasteiger partial charge in [-0.2, -0.15) is 0 Å². The largest absolute Gasteiger partial charge is 0.457 e. The van der Waals surface area contributed by atoms with Crippen LogP contribution >= 0.6 is 0 Å². The fourth-order valence-electron chi connectivity index (χ4n) is 1.76. The standard InChI is InChI=1S/C16H19NO/c1-12-7-9-15(10-8-12)18-16-6-4-5-14(11-16)13(2)17-3/h4-11,13,17H,1-3H3. The van der Waals surface area contributed by atoms with Gasteiger partial charge in [0, 0.05) is 6.04 Å². The first-order valence-electron chi connectivity index (χ1n) is 6.21. The highest BCUT2D eigenvalue weighted by Gasteiger charge is 2.04. The van der Waals surface area contributed by atoms with E-state index in [1.165, 1.54) is 11.1 Å². The van der Waals surface area contributed by atoms with E-state index >= 15 is 0 Å². The van der Waals surface area contributed by atoms with Crippen molar-refractivity contribution in [1.29, 1.82) is 0 Å². The van der Waals surface area contributed by atoms with Crippen LogP contribution in [0.5, 0.6) is 11.5 Å². The summed E-state index contributed by atoms with van der Waals surface area (Å²) in [5, 5.41) is 3.22. The molecule has 2 aromatic rings. The number of hydrogen-bond acceptors (Lipinski definition) is 2. The molecule has 0 fully saturated rings. The topological polar surface area (TPSA) is 21.3 Å². The minimum absolute atomic E-state index is 0.326. The molecular weight excluding hydrogens is 222 g/mol. The van der Waals surface area contributed by atoms with E-state index < -0.39 is 0 Å². The van der Waals surface area contributed by atoms with E-state index in [2.05, 4.69) is 43.4 Å². The van der Waals surface area contributed by atoms with Gasteiger partial charge in [0.15, 0.2) is 0 Å². The Kier molecular flexibility index (Phi) is 4.00. The zero-order valence-electron chi connectivity index (χ0n) is 11.1. The second-order valence-electron chi connectivity index (χ2n) is 4.50. The fourth-order valence-corrected chi connectivity index (χ4v) is 1.76. The Hall–Kier alpha value is -1.80. The van der Waals surface area contributed by atoms with Crippen LogP contribution in [0.15, 0.2) is 48.5 Å². The van der Waals surface area contributed by atoms with Gasteiger partial charge in [0.25, 0.3) is 0 Å². The number of aryl methyl sites for hydroxylation is 1. The van der Waals surface area contributed by atoms with Gasteiger partial charge in [0.1, 0.15) is 11.5 Å². The first-order chi connectivity index (χ1) is 8.69. The molecule has 2 aromatic carbocycles. The lowest BCUT2D eigenvalue weighted by Gasteiger charge is -2.12. The fraction of sp³-hybridized carbons (Fsp3) is 0.250. The monoisotopic (exact) mass is 241 g/mol. The maximum absolute atomic E-state index is 5.84. The summed E-state index contributed by atoms with van der Waals surface area (Å²) in [5.41, 5.74) is 2.46. The molecule has 2 nitrogen and oxygen atoms in total. The van der Waals surface area contributed by atoms with Gasteiger partial charge in [-0.15, -0.1) is 0 Å². The maximum atomic E-state index is 5.84. The molecule has 0 aliphatic heterocycles. The van der Waals surface area contributed by atoms with Crippen molar-refractivity contribution in [3.05, 3.63) is 59.7 Å². The molecule has 0 heterocycles. The summed E-state index contributed by atoms with van der Waals surface area (Å²) in [7, 11) is 1.96. The molecular formula is C16H19NO. The molecule has 0 spiro atoms. The Bertz CT molecular complexity index is 505. The molecule has 0 bridgehead atoms. The number of nitrogens with one attached hydrogen (secondary N) is 1. The van der Waals surface area contributed by atoms with Crippen LogP contribution in [-0.2, 0) is 0 Å². The second-order valence-corrected chi connectivity index (χ2v) is 4.50. The first-order valence-corrected chi connectivity index (χ1v) is 6.21. The van der Waals surface area contributed by atoms with Crippen LogP contribution in [-0.4, -0.2) is 7.05 Å². The van der Waals surface area contributed by atoms with Crippen molar-refractivity contribution in [2.45, 2.75) is 19.9 Å². The summed E-state index contributed by atoms with van der Waals surface area (Å²) in [6.45, 7) is 4.20. The Morgan fingerprint density at radius 3 is 2.39 bits per heavy atom. The third-order valence-electron chi connectivity index (χ3n) is 3.05. The van der Waals surface area contributed by atoms with Gasteiger partial charge in [-0.05, 0) is 50.7 Å². The van der Waals surface area contributed by atoms with E-state index in [1.54, 1.807) is 0 Å². The molecule has 0 aliphatic carbocycles. The Morgan fingerprint density at radius 2 is 1.72 bits per heavy atom. The summed E-state index contributed by atoms with van der Waals surface area (Å²) in [5.74, 6) is 1.74. The van der Waals surface area contributed by atoms with Crippen molar-refractivity contribution < 1.29 is 4.74 Å². The summed E-state index contributed by atoms with van der Waals surface area (Å²) in [6, 6.07) is 16.6. The van der Waals surface area contributed by atoms with Crippen molar-refractivity contribution in [2.24, 2.45) is 0 Å². The van der Waals surface area contributed by atoms with Gasteiger partial charge in [0.05, 0.1) is 0 Å². The molecule has 0 saturated carbocycles. The molecule has 0 amide bonds. The highest BCUT2D eigenvalue weighted by atomic mass is 16.5. The zero-order chi connectivity index (χ0) is 13.0.